The van der Waals surface area contributed by atoms with E-state index in [0.717, 1.165) is 19.0 Å². The van der Waals surface area contributed by atoms with Crippen LogP contribution in [0.3, 0.4) is 0 Å². The molecule has 0 saturated carbocycles. The number of nitrogens with two attached hydrogens (primary N) is 1. The molecule has 9 heteroatoms. The molecule has 0 amide bonds. The Bertz CT molecular complexity index is 596. The highest BCUT2D eigenvalue weighted by Gasteiger charge is 2.22. The van der Waals surface area contributed by atoms with Gasteiger partial charge in [-0.05, 0) is 25.1 Å². The molecule has 4 N–H and O–H groups in total. The smallest absolute Gasteiger partial charge is 0.293 e. The first-order valence-corrected chi connectivity index (χ1v) is 7.21. The summed E-state index contributed by atoms with van der Waals surface area (Å²) in [6.07, 6.45) is 0.855. The second-order valence-corrected chi connectivity index (χ2v) is 5.88. The number of nitro benzene ring substituents is 1. The number of nitrogens with one attached hydrogen (secondary N) is 2. The molecule has 2 rings (SSSR count). The molecule has 0 aliphatic carbocycles. The van der Waals surface area contributed by atoms with E-state index in [0.29, 0.717) is 12.2 Å². The van der Waals surface area contributed by atoms with Crippen molar-refractivity contribution in [1.82, 2.24) is 5.32 Å². The summed E-state index contributed by atoms with van der Waals surface area (Å²) in [5.74, 6) is 0. The summed E-state index contributed by atoms with van der Waals surface area (Å²) in [5.41, 5.74) is 0.00419. The maximum Gasteiger partial charge on any atom is 0.293 e. The molecule has 1 heterocycles. The molecule has 19 heavy (non-hydrogen) atoms. The zero-order valence-corrected chi connectivity index (χ0v) is 10.8. The Kier molecular flexibility index (Phi) is 3.69. The fraction of sp³-hybridized carbons (Fsp3) is 0.400. The SMILES string of the molecule is NS(=O)(=O)c1ccc(N[C@@H]2CCNC2)c([N+](=O)[O-])c1. The lowest BCUT2D eigenvalue weighted by Gasteiger charge is -2.13. The number of nitro groups is 1. The van der Waals surface area contributed by atoms with Gasteiger partial charge >= 0.3 is 0 Å². The lowest BCUT2D eigenvalue weighted by Crippen LogP contribution is -2.22. The molecule has 1 fully saturated rings. The molecule has 1 atom stereocenters. The molecular formula is C10H14N4O4S. The van der Waals surface area contributed by atoms with Crippen molar-refractivity contribution in [1.29, 1.82) is 0 Å². The molecule has 0 unspecified atom stereocenters. The van der Waals surface area contributed by atoms with Gasteiger partial charge in [0.1, 0.15) is 5.69 Å². The van der Waals surface area contributed by atoms with Crippen molar-refractivity contribution in [3.8, 4) is 0 Å². The molecule has 1 aromatic carbocycles. The highest BCUT2D eigenvalue weighted by atomic mass is 32.2. The van der Waals surface area contributed by atoms with E-state index in [-0.39, 0.29) is 16.6 Å². The summed E-state index contributed by atoms with van der Waals surface area (Å²) in [4.78, 5) is 10.1. The fourth-order valence-electron chi connectivity index (χ4n) is 1.96. The quantitative estimate of drug-likeness (QED) is 0.528. The maximum atomic E-state index is 11.2. The van der Waals surface area contributed by atoms with E-state index in [1.807, 2.05) is 0 Å². The number of anilines is 1. The minimum absolute atomic E-state index is 0.0963. The van der Waals surface area contributed by atoms with Gasteiger partial charge in [-0.1, -0.05) is 0 Å². The van der Waals surface area contributed by atoms with Crippen molar-refractivity contribution in [2.45, 2.75) is 17.4 Å². The summed E-state index contributed by atoms with van der Waals surface area (Å²) in [7, 11) is -3.95. The van der Waals surface area contributed by atoms with Crippen LogP contribution in [0.2, 0.25) is 0 Å². The molecule has 0 bridgehead atoms. The van der Waals surface area contributed by atoms with Crippen molar-refractivity contribution in [3.05, 3.63) is 28.3 Å². The maximum absolute atomic E-state index is 11.2. The van der Waals surface area contributed by atoms with Gasteiger partial charge in [-0.25, -0.2) is 13.6 Å². The molecule has 1 aliphatic heterocycles. The van der Waals surface area contributed by atoms with Gasteiger partial charge in [-0.3, -0.25) is 10.1 Å². The highest BCUT2D eigenvalue weighted by molar-refractivity contribution is 7.89. The molecule has 0 radical (unpaired) electrons. The largest absolute Gasteiger partial charge is 0.375 e. The second-order valence-electron chi connectivity index (χ2n) is 4.32. The van der Waals surface area contributed by atoms with E-state index in [4.69, 9.17) is 5.14 Å². The van der Waals surface area contributed by atoms with Gasteiger partial charge in [-0.2, -0.15) is 0 Å². The summed E-state index contributed by atoms with van der Waals surface area (Å²) >= 11 is 0. The summed E-state index contributed by atoms with van der Waals surface area (Å²) in [6, 6.07) is 3.70. The van der Waals surface area contributed by atoms with Crippen molar-refractivity contribution in [3.63, 3.8) is 0 Å². The number of rotatable bonds is 4. The Morgan fingerprint density at radius 2 is 2.21 bits per heavy atom. The van der Waals surface area contributed by atoms with Gasteiger partial charge in [0, 0.05) is 18.7 Å². The minimum atomic E-state index is -3.95. The van der Waals surface area contributed by atoms with Crippen molar-refractivity contribution < 1.29 is 13.3 Å². The molecule has 1 aliphatic rings. The molecule has 8 nitrogen and oxygen atoms in total. The van der Waals surface area contributed by atoms with Gasteiger partial charge in [0.15, 0.2) is 0 Å². The summed E-state index contributed by atoms with van der Waals surface area (Å²) in [6.45, 7) is 1.56. The third-order valence-electron chi connectivity index (χ3n) is 2.91. The Morgan fingerprint density at radius 3 is 2.74 bits per heavy atom. The average molecular weight is 286 g/mol. The minimum Gasteiger partial charge on any atom is -0.375 e. The van der Waals surface area contributed by atoms with E-state index >= 15 is 0 Å². The highest BCUT2D eigenvalue weighted by Crippen LogP contribution is 2.28. The van der Waals surface area contributed by atoms with Crippen molar-refractivity contribution >= 4 is 21.4 Å². The lowest BCUT2D eigenvalue weighted by molar-refractivity contribution is -0.384. The van der Waals surface area contributed by atoms with Crippen LogP contribution in [0.1, 0.15) is 6.42 Å². The number of benzene rings is 1. The average Bonchev–Trinajstić information content (AvgIpc) is 2.80. The zero-order valence-electron chi connectivity index (χ0n) is 10.00. The van der Waals surface area contributed by atoms with Crippen LogP contribution >= 0.6 is 0 Å². The molecule has 104 valence electrons. The van der Waals surface area contributed by atoms with Gasteiger partial charge in [0.25, 0.3) is 5.69 Å². The summed E-state index contributed by atoms with van der Waals surface area (Å²) in [5, 5.41) is 22.1. The van der Waals surface area contributed by atoms with Gasteiger partial charge in [0.2, 0.25) is 10.0 Å². The van der Waals surface area contributed by atoms with Gasteiger partial charge in [0.05, 0.1) is 9.82 Å². The molecule has 0 aromatic heterocycles. The van der Waals surface area contributed by atoms with E-state index in [1.54, 1.807) is 0 Å². The number of nitrogens with zero attached hydrogens (tertiary/aromatic N) is 1. The van der Waals surface area contributed by atoms with Crippen molar-refractivity contribution in [2.75, 3.05) is 18.4 Å². The Labute approximate surface area is 110 Å². The van der Waals surface area contributed by atoms with Crippen LogP contribution in [0.5, 0.6) is 0 Å². The van der Waals surface area contributed by atoms with Crippen LogP contribution in [0.4, 0.5) is 11.4 Å². The monoisotopic (exact) mass is 286 g/mol. The van der Waals surface area contributed by atoms with Crippen LogP contribution in [0.15, 0.2) is 23.1 Å². The molecule has 0 spiro atoms. The first kappa shape index (κ1) is 13.7. The van der Waals surface area contributed by atoms with Gasteiger partial charge < -0.3 is 10.6 Å². The topological polar surface area (TPSA) is 127 Å². The second kappa shape index (κ2) is 5.11. The molecular weight excluding hydrogens is 272 g/mol. The Hall–Kier alpha value is -1.71. The van der Waals surface area contributed by atoms with Crippen LogP contribution in [-0.4, -0.2) is 32.5 Å². The normalized spacial score (nSPS) is 19.3. The van der Waals surface area contributed by atoms with Crippen LogP contribution in [0.25, 0.3) is 0 Å². The zero-order chi connectivity index (χ0) is 14.0. The number of sulfonamides is 1. The van der Waals surface area contributed by atoms with Crippen molar-refractivity contribution in [2.24, 2.45) is 5.14 Å². The molecule has 1 aromatic rings. The predicted molar refractivity (Wildman–Crippen MR) is 69.4 cm³/mol. The van der Waals surface area contributed by atoms with E-state index in [9.17, 15) is 18.5 Å². The first-order chi connectivity index (χ1) is 8.88. The first-order valence-electron chi connectivity index (χ1n) is 5.66. The predicted octanol–water partition coefficient (Wildman–Crippen LogP) is 0.0160. The Morgan fingerprint density at radius 1 is 1.47 bits per heavy atom. The van der Waals surface area contributed by atoms with Gasteiger partial charge in [-0.15, -0.1) is 0 Å². The van der Waals surface area contributed by atoms with Crippen LogP contribution < -0.4 is 15.8 Å². The standard InChI is InChI=1S/C10H14N4O4S/c11-19(17,18)8-1-2-9(10(5-8)14(15)16)13-7-3-4-12-6-7/h1-2,5,7,12-13H,3-4,6H2,(H2,11,17,18)/t7-/m1/s1. The fourth-order valence-corrected chi connectivity index (χ4v) is 2.49. The molecule has 1 saturated heterocycles. The van der Waals surface area contributed by atoms with Crippen LogP contribution in [-0.2, 0) is 10.0 Å². The third-order valence-corrected chi connectivity index (χ3v) is 3.83. The summed E-state index contributed by atoms with van der Waals surface area (Å²) < 4.78 is 22.4. The van der Waals surface area contributed by atoms with E-state index in [2.05, 4.69) is 10.6 Å². The lowest BCUT2D eigenvalue weighted by atomic mass is 10.2. The Balaban J connectivity index is 2.35. The number of primary sulfonamides is 1. The van der Waals surface area contributed by atoms with E-state index < -0.39 is 14.9 Å². The number of hydrogen-bond acceptors (Lipinski definition) is 6. The third kappa shape index (κ3) is 3.19. The van der Waals surface area contributed by atoms with Crippen LogP contribution in [0, 0.1) is 10.1 Å². The number of hydrogen-bond donors (Lipinski definition) is 3. The van der Waals surface area contributed by atoms with E-state index in [1.165, 1.54) is 12.1 Å².